The topological polar surface area (TPSA) is 80.8 Å². The summed E-state index contributed by atoms with van der Waals surface area (Å²) >= 11 is 0. The highest BCUT2D eigenvalue weighted by Gasteiger charge is 2.43. The second kappa shape index (κ2) is 9.28. The lowest BCUT2D eigenvalue weighted by molar-refractivity contribution is -0.124. The van der Waals surface area contributed by atoms with Gasteiger partial charge in [-0.1, -0.05) is 18.2 Å². The molecule has 2 atom stereocenters. The van der Waals surface area contributed by atoms with Crippen molar-refractivity contribution in [1.29, 1.82) is 0 Å². The molecule has 1 aliphatic heterocycles. The Morgan fingerprint density at radius 3 is 2.45 bits per heavy atom. The van der Waals surface area contributed by atoms with Gasteiger partial charge in [-0.15, -0.1) is 0 Å². The zero-order chi connectivity index (χ0) is 23.5. The molecule has 3 aromatic rings. The van der Waals surface area contributed by atoms with Crippen LogP contribution in [0.5, 0.6) is 11.5 Å². The highest BCUT2D eigenvalue weighted by atomic mass is 19.1. The summed E-state index contributed by atoms with van der Waals surface area (Å²) in [6.07, 6.45) is 3.29. The molecule has 0 bridgehead atoms. The van der Waals surface area contributed by atoms with Crippen LogP contribution in [0.2, 0.25) is 0 Å². The van der Waals surface area contributed by atoms with Crippen LogP contribution in [-0.2, 0) is 11.3 Å². The number of rotatable bonds is 6. The second-order valence-electron chi connectivity index (χ2n) is 7.76. The van der Waals surface area contributed by atoms with Crippen molar-refractivity contribution in [3.8, 4) is 11.5 Å². The number of pyridine rings is 1. The number of fused-ring (bicyclic) bond motifs is 1. The summed E-state index contributed by atoms with van der Waals surface area (Å²) < 4.78 is 24.1. The number of hydrogen-bond acceptors (Lipinski definition) is 5. The Kier molecular flexibility index (Phi) is 6.26. The van der Waals surface area contributed by atoms with Crippen molar-refractivity contribution in [3.05, 3.63) is 89.0 Å². The maximum atomic E-state index is 13.6. The molecule has 2 amide bonds. The molecule has 0 saturated carbocycles. The summed E-state index contributed by atoms with van der Waals surface area (Å²) in [5.41, 5.74) is 2.41. The average Bonchev–Trinajstić information content (AvgIpc) is 2.85. The molecule has 1 aliphatic rings. The lowest BCUT2D eigenvalue weighted by atomic mass is 9.79. The molecule has 2 heterocycles. The fourth-order valence-electron chi connectivity index (χ4n) is 4.20. The van der Waals surface area contributed by atoms with Crippen LogP contribution in [-0.4, -0.2) is 43.0 Å². The SMILES string of the molecule is COc1cc2c(cc1OC)[C@@H](C(=O)NCc1ccc(F)cc1)[C@@H](c1cccnc1)N(C)C2=O. The van der Waals surface area contributed by atoms with Gasteiger partial charge in [0.25, 0.3) is 5.91 Å². The average molecular weight is 449 g/mol. The van der Waals surface area contributed by atoms with Gasteiger partial charge in [0.15, 0.2) is 11.5 Å². The number of likely N-dealkylation sites (N-methyl/N-ethyl adjacent to an activating group) is 1. The molecule has 8 heteroatoms. The molecule has 0 spiro atoms. The molecule has 33 heavy (non-hydrogen) atoms. The van der Waals surface area contributed by atoms with E-state index in [1.54, 1.807) is 54.7 Å². The Bertz CT molecular complexity index is 1170. The number of methoxy groups -OCH3 is 2. The summed E-state index contributed by atoms with van der Waals surface area (Å²) in [5.74, 6) is -0.752. The second-order valence-corrected chi connectivity index (χ2v) is 7.76. The molecule has 170 valence electrons. The van der Waals surface area contributed by atoms with Gasteiger partial charge in [0.05, 0.1) is 26.2 Å². The van der Waals surface area contributed by atoms with Gasteiger partial charge < -0.3 is 19.7 Å². The fraction of sp³-hybridized carbons (Fsp3) is 0.240. The molecule has 0 aliphatic carbocycles. The number of carbonyl (C=O) groups is 2. The summed E-state index contributed by atoms with van der Waals surface area (Å²) in [4.78, 5) is 32.6. The van der Waals surface area contributed by atoms with Crippen molar-refractivity contribution >= 4 is 11.8 Å². The van der Waals surface area contributed by atoms with Gasteiger partial charge in [-0.25, -0.2) is 4.39 Å². The third kappa shape index (κ3) is 4.24. The number of benzene rings is 2. The molecule has 2 aromatic carbocycles. The third-order valence-corrected chi connectivity index (χ3v) is 5.86. The standard InChI is InChI=1S/C25H24FN3O4/c1-29-23(16-5-4-10-27-14-16)22(24(30)28-13-15-6-8-17(26)9-7-15)18-11-20(32-2)21(33-3)12-19(18)25(29)31/h4-12,14,22-23H,13H2,1-3H3,(H,28,30)/t22-,23-/m1/s1. The largest absolute Gasteiger partial charge is 0.493 e. The van der Waals surface area contributed by atoms with Crippen molar-refractivity contribution in [2.75, 3.05) is 21.3 Å². The Morgan fingerprint density at radius 1 is 1.12 bits per heavy atom. The zero-order valence-corrected chi connectivity index (χ0v) is 18.5. The van der Waals surface area contributed by atoms with Crippen LogP contribution in [0.15, 0.2) is 60.9 Å². The Balaban J connectivity index is 1.78. The van der Waals surface area contributed by atoms with Crippen LogP contribution in [0.3, 0.4) is 0 Å². The maximum Gasteiger partial charge on any atom is 0.254 e. The van der Waals surface area contributed by atoms with Gasteiger partial charge >= 0.3 is 0 Å². The van der Waals surface area contributed by atoms with E-state index in [-0.39, 0.29) is 24.2 Å². The summed E-state index contributed by atoms with van der Waals surface area (Å²) in [6, 6.07) is 12.2. The van der Waals surface area contributed by atoms with Gasteiger partial charge in [-0.05, 0) is 47.0 Å². The molecule has 0 fully saturated rings. The highest BCUT2D eigenvalue weighted by molar-refractivity contribution is 6.02. The van der Waals surface area contributed by atoms with E-state index in [0.717, 1.165) is 11.1 Å². The number of amides is 2. The van der Waals surface area contributed by atoms with Crippen LogP contribution in [0, 0.1) is 5.82 Å². The normalized spacial score (nSPS) is 17.3. The molecular formula is C25H24FN3O4. The Labute approximate surface area is 191 Å². The number of carbonyl (C=O) groups excluding carboxylic acids is 2. The van der Waals surface area contributed by atoms with Crippen LogP contribution < -0.4 is 14.8 Å². The smallest absolute Gasteiger partial charge is 0.254 e. The molecular weight excluding hydrogens is 425 g/mol. The number of aromatic nitrogens is 1. The summed E-state index contributed by atoms with van der Waals surface area (Å²) in [6.45, 7) is 0.218. The van der Waals surface area contributed by atoms with E-state index in [2.05, 4.69) is 10.3 Å². The molecule has 4 rings (SSSR count). The molecule has 1 N–H and O–H groups in total. The number of hydrogen-bond donors (Lipinski definition) is 1. The minimum atomic E-state index is -0.729. The van der Waals surface area contributed by atoms with Crippen molar-refractivity contribution in [3.63, 3.8) is 0 Å². The van der Waals surface area contributed by atoms with E-state index in [0.29, 0.717) is 22.6 Å². The molecule has 7 nitrogen and oxygen atoms in total. The molecule has 0 unspecified atom stereocenters. The van der Waals surface area contributed by atoms with E-state index in [1.165, 1.54) is 26.4 Å². The van der Waals surface area contributed by atoms with E-state index in [1.807, 2.05) is 6.07 Å². The van der Waals surface area contributed by atoms with Gasteiger partial charge in [-0.2, -0.15) is 0 Å². The van der Waals surface area contributed by atoms with E-state index in [4.69, 9.17) is 9.47 Å². The lowest BCUT2D eigenvalue weighted by Gasteiger charge is -2.40. The van der Waals surface area contributed by atoms with Gasteiger partial charge in [0.2, 0.25) is 5.91 Å². The quantitative estimate of drug-likeness (QED) is 0.623. The Morgan fingerprint density at radius 2 is 1.82 bits per heavy atom. The number of ether oxygens (including phenoxy) is 2. The first-order valence-electron chi connectivity index (χ1n) is 10.4. The zero-order valence-electron chi connectivity index (χ0n) is 18.5. The summed E-state index contributed by atoms with van der Waals surface area (Å²) in [7, 11) is 4.66. The lowest BCUT2D eigenvalue weighted by Crippen LogP contribution is -2.45. The van der Waals surface area contributed by atoms with Crippen LogP contribution in [0.4, 0.5) is 4.39 Å². The minimum Gasteiger partial charge on any atom is -0.493 e. The third-order valence-electron chi connectivity index (χ3n) is 5.86. The Hall–Kier alpha value is -3.94. The molecule has 0 radical (unpaired) electrons. The predicted octanol–water partition coefficient (Wildman–Crippen LogP) is 3.46. The molecule has 0 saturated heterocycles. The van der Waals surface area contributed by atoms with Crippen LogP contribution in [0.1, 0.15) is 39.0 Å². The fourth-order valence-corrected chi connectivity index (χ4v) is 4.20. The summed E-state index contributed by atoms with van der Waals surface area (Å²) in [5, 5.41) is 2.94. The van der Waals surface area contributed by atoms with E-state index < -0.39 is 12.0 Å². The number of nitrogens with zero attached hydrogens (tertiary/aromatic N) is 2. The van der Waals surface area contributed by atoms with E-state index >= 15 is 0 Å². The van der Waals surface area contributed by atoms with Gasteiger partial charge in [0.1, 0.15) is 5.82 Å². The first-order chi connectivity index (χ1) is 15.9. The maximum absolute atomic E-state index is 13.6. The van der Waals surface area contributed by atoms with Crippen molar-refractivity contribution < 1.29 is 23.5 Å². The number of nitrogens with one attached hydrogen (secondary N) is 1. The van der Waals surface area contributed by atoms with E-state index in [9.17, 15) is 14.0 Å². The monoisotopic (exact) mass is 449 g/mol. The van der Waals surface area contributed by atoms with Crippen LogP contribution in [0.25, 0.3) is 0 Å². The highest BCUT2D eigenvalue weighted by Crippen LogP contribution is 2.45. The van der Waals surface area contributed by atoms with Crippen molar-refractivity contribution in [2.45, 2.75) is 18.5 Å². The van der Waals surface area contributed by atoms with Gasteiger partial charge in [0, 0.05) is 31.5 Å². The minimum absolute atomic E-state index is 0.218. The molecule has 1 aromatic heterocycles. The predicted molar refractivity (Wildman–Crippen MR) is 120 cm³/mol. The number of halogens is 1. The van der Waals surface area contributed by atoms with Crippen molar-refractivity contribution in [2.24, 2.45) is 0 Å². The first-order valence-corrected chi connectivity index (χ1v) is 10.4. The van der Waals surface area contributed by atoms with Gasteiger partial charge in [-0.3, -0.25) is 14.6 Å². The van der Waals surface area contributed by atoms with Crippen molar-refractivity contribution in [1.82, 2.24) is 15.2 Å². The first kappa shape index (κ1) is 22.3. The van der Waals surface area contributed by atoms with Crippen LogP contribution >= 0.6 is 0 Å².